The Morgan fingerprint density at radius 1 is 1.47 bits per heavy atom. The van der Waals surface area contributed by atoms with Crippen molar-refractivity contribution in [2.75, 3.05) is 18.1 Å². The molecule has 1 saturated heterocycles. The molecule has 0 atom stereocenters. The SMILES string of the molecule is CC(C)(CO)NC(=O)CC1CCSCC1. The van der Waals surface area contributed by atoms with Crippen LogP contribution in [0.15, 0.2) is 0 Å². The van der Waals surface area contributed by atoms with E-state index in [4.69, 9.17) is 5.11 Å². The molecule has 1 fully saturated rings. The summed E-state index contributed by atoms with van der Waals surface area (Å²) in [6, 6.07) is 0. The van der Waals surface area contributed by atoms with Gasteiger partial charge in [0.15, 0.2) is 0 Å². The highest BCUT2D eigenvalue weighted by atomic mass is 32.2. The van der Waals surface area contributed by atoms with Gasteiger partial charge in [-0.15, -0.1) is 0 Å². The van der Waals surface area contributed by atoms with Gasteiger partial charge < -0.3 is 10.4 Å². The lowest BCUT2D eigenvalue weighted by Crippen LogP contribution is -2.46. The summed E-state index contributed by atoms with van der Waals surface area (Å²) in [5.41, 5.74) is -0.486. The highest BCUT2D eigenvalue weighted by molar-refractivity contribution is 7.99. The maximum absolute atomic E-state index is 11.7. The minimum absolute atomic E-state index is 0.0146. The molecule has 1 aliphatic rings. The normalized spacial score (nSPS) is 18.9. The molecular weight excluding hydrogens is 210 g/mol. The van der Waals surface area contributed by atoms with E-state index in [2.05, 4.69) is 5.32 Å². The van der Waals surface area contributed by atoms with Gasteiger partial charge in [0.1, 0.15) is 0 Å². The zero-order chi connectivity index (χ0) is 11.3. The van der Waals surface area contributed by atoms with Gasteiger partial charge in [-0.1, -0.05) is 0 Å². The molecule has 1 rings (SSSR count). The summed E-state index contributed by atoms with van der Waals surface area (Å²) >= 11 is 1.97. The maximum atomic E-state index is 11.7. The second kappa shape index (κ2) is 5.75. The predicted octanol–water partition coefficient (Wildman–Crippen LogP) is 1.41. The van der Waals surface area contributed by atoms with Gasteiger partial charge in [0.25, 0.3) is 0 Å². The van der Waals surface area contributed by atoms with E-state index in [-0.39, 0.29) is 12.5 Å². The van der Waals surface area contributed by atoms with Crippen molar-refractivity contribution in [3.05, 3.63) is 0 Å². The number of amides is 1. The molecule has 0 aromatic rings. The summed E-state index contributed by atoms with van der Waals surface area (Å²) in [5.74, 6) is 2.98. The summed E-state index contributed by atoms with van der Waals surface area (Å²) in [5, 5.41) is 11.9. The van der Waals surface area contributed by atoms with Crippen LogP contribution in [0.2, 0.25) is 0 Å². The summed E-state index contributed by atoms with van der Waals surface area (Å²) < 4.78 is 0. The van der Waals surface area contributed by atoms with E-state index in [1.165, 1.54) is 11.5 Å². The van der Waals surface area contributed by atoms with Gasteiger partial charge in [-0.3, -0.25) is 4.79 Å². The number of carbonyl (C=O) groups excluding carboxylic acids is 1. The first-order valence-corrected chi connectivity index (χ1v) is 6.68. The van der Waals surface area contributed by atoms with E-state index < -0.39 is 5.54 Å². The van der Waals surface area contributed by atoms with Crippen LogP contribution in [0.1, 0.15) is 33.1 Å². The first kappa shape index (κ1) is 12.8. The van der Waals surface area contributed by atoms with Crippen LogP contribution in [0.25, 0.3) is 0 Å². The van der Waals surface area contributed by atoms with Crippen LogP contribution in [0.4, 0.5) is 0 Å². The molecule has 0 aromatic heterocycles. The smallest absolute Gasteiger partial charge is 0.220 e. The molecule has 2 N–H and O–H groups in total. The fourth-order valence-corrected chi connectivity index (χ4v) is 2.88. The third-order valence-electron chi connectivity index (χ3n) is 2.69. The fourth-order valence-electron chi connectivity index (χ4n) is 1.68. The minimum atomic E-state index is -0.486. The molecule has 1 aliphatic heterocycles. The second-order valence-corrected chi connectivity index (χ2v) is 6.07. The van der Waals surface area contributed by atoms with Crippen LogP contribution >= 0.6 is 11.8 Å². The van der Waals surface area contributed by atoms with Crippen LogP contribution in [-0.4, -0.2) is 34.7 Å². The Balaban J connectivity index is 2.28. The molecule has 1 heterocycles. The molecule has 0 unspecified atom stereocenters. The topological polar surface area (TPSA) is 49.3 Å². The molecule has 0 bridgehead atoms. The third-order valence-corrected chi connectivity index (χ3v) is 3.74. The quantitative estimate of drug-likeness (QED) is 0.769. The van der Waals surface area contributed by atoms with Crippen LogP contribution in [0.5, 0.6) is 0 Å². The predicted molar refractivity (Wildman–Crippen MR) is 64.0 cm³/mol. The molecule has 88 valence electrons. The lowest BCUT2D eigenvalue weighted by atomic mass is 9.97. The molecule has 3 nitrogen and oxygen atoms in total. The molecule has 0 spiro atoms. The Kier molecular flexibility index (Phi) is 4.93. The molecule has 0 radical (unpaired) electrons. The van der Waals surface area contributed by atoms with Crippen molar-refractivity contribution in [1.82, 2.24) is 5.32 Å². The zero-order valence-electron chi connectivity index (χ0n) is 9.58. The van der Waals surface area contributed by atoms with Crippen LogP contribution in [0, 0.1) is 5.92 Å². The first-order valence-electron chi connectivity index (χ1n) is 5.53. The van der Waals surface area contributed by atoms with Gasteiger partial charge in [0, 0.05) is 6.42 Å². The lowest BCUT2D eigenvalue weighted by Gasteiger charge is -2.26. The maximum Gasteiger partial charge on any atom is 0.220 e. The van der Waals surface area contributed by atoms with Crippen LogP contribution in [0.3, 0.4) is 0 Å². The average molecular weight is 231 g/mol. The van der Waals surface area contributed by atoms with Gasteiger partial charge in [0.2, 0.25) is 5.91 Å². The highest BCUT2D eigenvalue weighted by Crippen LogP contribution is 2.25. The van der Waals surface area contributed by atoms with Gasteiger partial charge in [-0.05, 0) is 44.1 Å². The van der Waals surface area contributed by atoms with E-state index in [1.54, 1.807) is 0 Å². The monoisotopic (exact) mass is 231 g/mol. The fraction of sp³-hybridized carbons (Fsp3) is 0.909. The Bertz CT molecular complexity index is 213. The van der Waals surface area contributed by atoms with Crippen LogP contribution < -0.4 is 5.32 Å². The zero-order valence-corrected chi connectivity index (χ0v) is 10.4. The number of aliphatic hydroxyl groups is 1. The van der Waals surface area contributed by atoms with Crippen molar-refractivity contribution in [3.63, 3.8) is 0 Å². The van der Waals surface area contributed by atoms with Crippen molar-refractivity contribution in [3.8, 4) is 0 Å². The molecule has 1 amide bonds. The Morgan fingerprint density at radius 2 is 2.07 bits per heavy atom. The van der Waals surface area contributed by atoms with Crippen molar-refractivity contribution >= 4 is 17.7 Å². The number of hydrogen-bond donors (Lipinski definition) is 2. The number of rotatable bonds is 4. The summed E-state index contributed by atoms with van der Waals surface area (Å²) in [6.07, 6.45) is 2.92. The summed E-state index contributed by atoms with van der Waals surface area (Å²) in [7, 11) is 0. The summed E-state index contributed by atoms with van der Waals surface area (Å²) in [6.45, 7) is 3.66. The number of thioether (sulfide) groups is 1. The highest BCUT2D eigenvalue weighted by Gasteiger charge is 2.22. The Morgan fingerprint density at radius 3 is 2.60 bits per heavy atom. The van der Waals surface area contributed by atoms with Gasteiger partial charge in [-0.25, -0.2) is 0 Å². The van der Waals surface area contributed by atoms with Gasteiger partial charge in [-0.2, -0.15) is 11.8 Å². The van der Waals surface area contributed by atoms with E-state index in [0.29, 0.717) is 12.3 Å². The largest absolute Gasteiger partial charge is 0.394 e. The average Bonchev–Trinajstić information content (AvgIpc) is 2.18. The number of aliphatic hydroxyl groups excluding tert-OH is 1. The van der Waals surface area contributed by atoms with Crippen molar-refractivity contribution < 1.29 is 9.90 Å². The first-order chi connectivity index (χ1) is 7.03. The molecule has 15 heavy (non-hydrogen) atoms. The van der Waals surface area contributed by atoms with E-state index in [1.807, 2.05) is 25.6 Å². The number of nitrogens with one attached hydrogen (secondary N) is 1. The van der Waals surface area contributed by atoms with E-state index in [0.717, 1.165) is 12.8 Å². The van der Waals surface area contributed by atoms with Crippen LogP contribution in [-0.2, 0) is 4.79 Å². The molecule has 4 heteroatoms. The molecular formula is C11H21NO2S. The Labute approximate surface area is 96.0 Å². The number of carbonyl (C=O) groups is 1. The van der Waals surface area contributed by atoms with Crippen molar-refractivity contribution in [2.45, 2.75) is 38.6 Å². The molecule has 0 aromatic carbocycles. The Hall–Kier alpha value is -0.220. The second-order valence-electron chi connectivity index (χ2n) is 4.85. The standard InChI is InChI=1S/C11H21NO2S/c1-11(2,8-13)12-10(14)7-9-3-5-15-6-4-9/h9,13H,3-8H2,1-2H3,(H,12,14). The third kappa shape index (κ3) is 4.89. The molecule has 0 saturated carbocycles. The minimum Gasteiger partial charge on any atom is -0.394 e. The number of hydrogen-bond acceptors (Lipinski definition) is 3. The van der Waals surface area contributed by atoms with Gasteiger partial charge >= 0.3 is 0 Å². The van der Waals surface area contributed by atoms with E-state index in [9.17, 15) is 4.79 Å². The van der Waals surface area contributed by atoms with Crippen molar-refractivity contribution in [1.29, 1.82) is 0 Å². The molecule has 0 aliphatic carbocycles. The summed E-state index contributed by atoms with van der Waals surface area (Å²) in [4.78, 5) is 11.7. The van der Waals surface area contributed by atoms with E-state index >= 15 is 0 Å². The van der Waals surface area contributed by atoms with Gasteiger partial charge in [0.05, 0.1) is 12.1 Å². The lowest BCUT2D eigenvalue weighted by molar-refractivity contribution is -0.124. The van der Waals surface area contributed by atoms with Crippen molar-refractivity contribution in [2.24, 2.45) is 5.92 Å².